The zero-order valence-electron chi connectivity index (χ0n) is 12.2. The van der Waals surface area contributed by atoms with Gasteiger partial charge < -0.3 is 10.0 Å². The van der Waals surface area contributed by atoms with Crippen LogP contribution in [0.3, 0.4) is 0 Å². The molecule has 1 saturated heterocycles. The summed E-state index contributed by atoms with van der Waals surface area (Å²) in [6.45, 7) is 5.85. The first-order valence-corrected chi connectivity index (χ1v) is 7.20. The standard InChI is InChI=1S/C15H22N2O3/c1-4-13-7-5-10(2)16(13)14-8-6-12(11(3)18)9-15(14)17(19)20/h6,8-11,13,18H,4-5,7H2,1-3H3. The van der Waals surface area contributed by atoms with Crippen LogP contribution in [0, 0.1) is 10.1 Å². The molecular weight excluding hydrogens is 256 g/mol. The number of nitro benzene ring substituents is 1. The third-order valence-electron chi connectivity index (χ3n) is 4.21. The Morgan fingerprint density at radius 1 is 1.50 bits per heavy atom. The topological polar surface area (TPSA) is 66.6 Å². The number of aliphatic hydroxyl groups excluding tert-OH is 1. The number of hydrogen-bond donors (Lipinski definition) is 1. The molecule has 3 unspecified atom stereocenters. The van der Waals surface area contributed by atoms with Gasteiger partial charge in [-0.1, -0.05) is 13.0 Å². The molecule has 1 fully saturated rings. The first-order valence-electron chi connectivity index (χ1n) is 7.20. The van der Waals surface area contributed by atoms with Crippen LogP contribution in [0.2, 0.25) is 0 Å². The molecular formula is C15H22N2O3. The third-order valence-corrected chi connectivity index (χ3v) is 4.21. The van der Waals surface area contributed by atoms with Crippen molar-refractivity contribution in [3.05, 3.63) is 33.9 Å². The summed E-state index contributed by atoms with van der Waals surface area (Å²) in [7, 11) is 0. The van der Waals surface area contributed by atoms with Gasteiger partial charge in [0.15, 0.2) is 0 Å². The van der Waals surface area contributed by atoms with Gasteiger partial charge in [0.05, 0.1) is 11.0 Å². The molecule has 0 spiro atoms. The van der Waals surface area contributed by atoms with Crippen molar-refractivity contribution in [2.45, 2.75) is 58.2 Å². The second-order valence-electron chi connectivity index (χ2n) is 5.58. The van der Waals surface area contributed by atoms with Gasteiger partial charge in [0.1, 0.15) is 5.69 Å². The summed E-state index contributed by atoms with van der Waals surface area (Å²) in [5, 5.41) is 21.0. The van der Waals surface area contributed by atoms with Gasteiger partial charge in [-0.15, -0.1) is 0 Å². The Labute approximate surface area is 119 Å². The summed E-state index contributed by atoms with van der Waals surface area (Å²) in [5.41, 5.74) is 1.35. The zero-order chi connectivity index (χ0) is 14.9. The second kappa shape index (κ2) is 5.79. The first-order chi connectivity index (χ1) is 9.45. The minimum Gasteiger partial charge on any atom is -0.389 e. The Kier molecular flexibility index (Phi) is 4.28. The smallest absolute Gasteiger partial charge is 0.292 e. The lowest BCUT2D eigenvalue weighted by atomic mass is 10.1. The molecule has 2 rings (SSSR count). The fourth-order valence-corrected chi connectivity index (χ4v) is 3.07. The normalized spacial score (nSPS) is 23.9. The first kappa shape index (κ1) is 14.8. The van der Waals surface area contributed by atoms with Gasteiger partial charge >= 0.3 is 0 Å². The average molecular weight is 278 g/mol. The van der Waals surface area contributed by atoms with Crippen molar-refractivity contribution in [1.29, 1.82) is 0 Å². The number of nitro groups is 1. The van der Waals surface area contributed by atoms with E-state index in [1.165, 1.54) is 6.07 Å². The molecule has 1 aliphatic rings. The van der Waals surface area contributed by atoms with Gasteiger partial charge in [-0.2, -0.15) is 0 Å². The van der Waals surface area contributed by atoms with Gasteiger partial charge in [0.2, 0.25) is 0 Å². The minimum absolute atomic E-state index is 0.0931. The molecule has 3 atom stereocenters. The maximum atomic E-state index is 11.4. The Morgan fingerprint density at radius 3 is 2.75 bits per heavy atom. The van der Waals surface area contributed by atoms with E-state index in [1.807, 2.05) is 0 Å². The third kappa shape index (κ3) is 2.63. The molecule has 0 amide bonds. The summed E-state index contributed by atoms with van der Waals surface area (Å²) >= 11 is 0. The molecule has 1 heterocycles. The quantitative estimate of drug-likeness (QED) is 0.677. The van der Waals surface area contributed by atoms with E-state index in [0.717, 1.165) is 19.3 Å². The van der Waals surface area contributed by atoms with Crippen molar-refractivity contribution >= 4 is 11.4 Å². The van der Waals surface area contributed by atoms with Crippen molar-refractivity contribution in [2.75, 3.05) is 4.90 Å². The lowest BCUT2D eigenvalue weighted by Crippen LogP contribution is -2.34. The van der Waals surface area contributed by atoms with Crippen LogP contribution >= 0.6 is 0 Å². The zero-order valence-corrected chi connectivity index (χ0v) is 12.2. The molecule has 1 aromatic rings. The van der Waals surface area contributed by atoms with Crippen LogP contribution in [0.5, 0.6) is 0 Å². The number of rotatable bonds is 4. The predicted octanol–water partition coefficient (Wildman–Crippen LogP) is 3.42. The Bertz CT molecular complexity index is 502. The highest BCUT2D eigenvalue weighted by Gasteiger charge is 2.33. The van der Waals surface area contributed by atoms with Gasteiger partial charge in [0.25, 0.3) is 5.69 Å². The highest BCUT2D eigenvalue weighted by atomic mass is 16.6. The predicted molar refractivity (Wildman–Crippen MR) is 79.0 cm³/mol. The van der Waals surface area contributed by atoms with E-state index in [2.05, 4.69) is 18.7 Å². The second-order valence-corrected chi connectivity index (χ2v) is 5.58. The van der Waals surface area contributed by atoms with Crippen LogP contribution in [0.25, 0.3) is 0 Å². The van der Waals surface area contributed by atoms with E-state index in [0.29, 0.717) is 23.3 Å². The molecule has 0 saturated carbocycles. The van der Waals surface area contributed by atoms with Crippen LogP contribution in [0.1, 0.15) is 51.7 Å². The summed E-state index contributed by atoms with van der Waals surface area (Å²) in [6.07, 6.45) is 2.43. The van der Waals surface area contributed by atoms with Crippen molar-refractivity contribution in [3.8, 4) is 0 Å². The fraction of sp³-hybridized carbons (Fsp3) is 0.600. The van der Waals surface area contributed by atoms with Crippen LogP contribution in [0.15, 0.2) is 18.2 Å². The summed E-state index contributed by atoms with van der Waals surface area (Å²) < 4.78 is 0. The average Bonchev–Trinajstić information content (AvgIpc) is 2.78. The Hall–Kier alpha value is -1.62. The molecule has 110 valence electrons. The van der Waals surface area contributed by atoms with Crippen LogP contribution in [-0.2, 0) is 0 Å². The van der Waals surface area contributed by atoms with Crippen molar-refractivity contribution in [1.82, 2.24) is 0 Å². The lowest BCUT2D eigenvalue weighted by Gasteiger charge is -2.30. The van der Waals surface area contributed by atoms with Gasteiger partial charge in [0, 0.05) is 18.2 Å². The van der Waals surface area contributed by atoms with E-state index >= 15 is 0 Å². The van der Waals surface area contributed by atoms with E-state index in [1.54, 1.807) is 19.1 Å². The molecule has 0 aliphatic carbocycles. The summed E-state index contributed by atoms with van der Waals surface area (Å²) in [5.74, 6) is 0. The molecule has 0 radical (unpaired) electrons. The van der Waals surface area contributed by atoms with Gasteiger partial charge in [-0.25, -0.2) is 0 Å². The molecule has 0 bridgehead atoms. The van der Waals surface area contributed by atoms with Crippen LogP contribution < -0.4 is 4.90 Å². The lowest BCUT2D eigenvalue weighted by molar-refractivity contribution is -0.384. The number of nitrogens with zero attached hydrogens (tertiary/aromatic N) is 2. The molecule has 1 N–H and O–H groups in total. The van der Waals surface area contributed by atoms with E-state index in [-0.39, 0.29) is 10.6 Å². The SMILES string of the molecule is CCC1CCC(C)N1c1ccc(C(C)O)cc1[N+](=O)[O-]. The minimum atomic E-state index is -0.694. The van der Waals surface area contributed by atoms with Gasteiger partial charge in [-0.05, 0) is 44.7 Å². The maximum absolute atomic E-state index is 11.4. The van der Waals surface area contributed by atoms with Crippen molar-refractivity contribution < 1.29 is 10.0 Å². The molecule has 0 aromatic heterocycles. The van der Waals surface area contributed by atoms with Crippen LogP contribution in [0.4, 0.5) is 11.4 Å². The Morgan fingerprint density at radius 2 is 2.20 bits per heavy atom. The molecule has 5 heteroatoms. The van der Waals surface area contributed by atoms with Crippen LogP contribution in [-0.4, -0.2) is 22.1 Å². The molecule has 1 aliphatic heterocycles. The molecule has 1 aromatic carbocycles. The fourth-order valence-electron chi connectivity index (χ4n) is 3.07. The molecule has 20 heavy (non-hydrogen) atoms. The number of anilines is 1. The van der Waals surface area contributed by atoms with Gasteiger partial charge in [-0.3, -0.25) is 10.1 Å². The number of aliphatic hydroxyl groups is 1. The van der Waals surface area contributed by atoms with Crippen molar-refractivity contribution in [2.24, 2.45) is 0 Å². The summed E-state index contributed by atoms with van der Waals surface area (Å²) in [6, 6.07) is 5.74. The molecule has 5 nitrogen and oxygen atoms in total. The highest BCUT2D eigenvalue weighted by molar-refractivity contribution is 5.66. The van der Waals surface area contributed by atoms with E-state index < -0.39 is 6.10 Å². The van der Waals surface area contributed by atoms with E-state index in [9.17, 15) is 15.2 Å². The largest absolute Gasteiger partial charge is 0.389 e. The number of benzene rings is 1. The van der Waals surface area contributed by atoms with Crippen molar-refractivity contribution in [3.63, 3.8) is 0 Å². The monoisotopic (exact) mass is 278 g/mol. The highest BCUT2D eigenvalue weighted by Crippen LogP contribution is 2.38. The summed E-state index contributed by atoms with van der Waals surface area (Å²) in [4.78, 5) is 13.2. The Balaban J connectivity index is 2.47. The number of hydrogen-bond acceptors (Lipinski definition) is 4. The van der Waals surface area contributed by atoms with E-state index in [4.69, 9.17) is 0 Å². The maximum Gasteiger partial charge on any atom is 0.292 e.